The molecule has 33 heavy (non-hydrogen) atoms. The predicted octanol–water partition coefficient (Wildman–Crippen LogP) is 6.07. The van der Waals surface area contributed by atoms with Crippen molar-refractivity contribution in [2.45, 2.75) is 6.54 Å². The Kier molecular flexibility index (Phi) is 6.57. The van der Waals surface area contributed by atoms with Gasteiger partial charge in [-0.25, -0.2) is 13.6 Å². The highest BCUT2D eigenvalue weighted by molar-refractivity contribution is 8.18. The minimum Gasteiger partial charge on any atom is -0.423 e. The van der Waals surface area contributed by atoms with Crippen molar-refractivity contribution in [3.63, 3.8) is 0 Å². The zero-order chi connectivity index (χ0) is 23.5. The molecule has 0 aromatic heterocycles. The molecule has 0 spiro atoms. The summed E-state index contributed by atoms with van der Waals surface area (Å²) in [4.78, 5) is 38.4. The number of hydrogen-bond donors (Lipinski definition) is 0. The molecule has 0 saturated carbocycles. The highest BCUT2D eigenvalue weighted by atomic mass is 35.5. The average molecular weight is 486 g/mol. The molecule has 0 atom stereocenters. The van der Waals surface area contributed by atoms with Gasteiger partial charge in [0.15, 0.2) is 0 Å². The van der Waals surface area contributed by atoms with Gasteiger partial charge in [0.05, 0.1) is 17.0 Å². The molecule has 4 rings (SSSR count). The second-order valence-corrected chi connectivity index (χ2v) is 8.37. The molecule has 1 saturated heterocycles. The second-order valence-electron chi connectivity index (χ2n) is 6.97. The fraction of sp³-hybridized carbons (Fsp3) is 0.0417. The van der Waals surface area contributed by atoms with Crippen molar-refractivity contribution in [2.75, 3.05) is 0 Å². The van der Waals surface area contributed by atoms with Crippen LogP contribution in [0.5, 0.6) is 5.75 Å². The number of carbonyl (C=O) groups excluding carboxylic acids is 3. The summed E-state index contributed by atoms with van der Waals surface area (Å²) in [6.07, 6.45) is 1.54. The van der Waals surface area contributed by atoms with Gasteiger partial charge in [0.25, 0.3) is 11.1 Å². The van der Waals surface area contributed by atoms with Gasteiger partial charge >= 0.3 is 5.97 Å². The van der Waals surface area contributed by atoms with E-state index in [2.05, 4.69) is 0 Å². The number of carbonyl (C=O) groups is 3. The number of halogens is 3. The highest BCUT2D eigenvalue weighted by Gasteiger charge is 2.35. The summed E-state index contributed by atoms with van der Waals surface area (Å²) in [5.41, 5.74) is 1.27. The number of thioether (sulfide) groups is 1. The van der Waals surface area contributed by atoms with E-state index in [1.165, 1.54) is 36.4 Å². The lowest BCUT2D eigenvalue weighted by Gasteiger charge is -2.13. The molecule has 3 aromatic carbocycles. The molecule has 166 valence electrons. The SMILES string of the molecule is O=C(Oc1ccc(/C=C2\SC(=O)N(Cc3ccc(F)cc3Cl)C2=O)cc1)c1ccc(F)cc1. The molecule has 0 bridgehead atoms. The molecule has 5 nitrogen and oxygen atoms in total. The Morgan fingerprint density at radius 2 is 1.64 bits per heavy atom. The average Bonchev–Trinajstić information content (AvgIpc) is 3.04. The third kappa shape index (κ3) is 5.30. The largest absolute Gasteiger partial charge is 0.423 e. The quantitative estimate of drug-likeness (QED) is 0.249. The van der Waals surface area contributed by atoms with Gasteiger partial charge in [-0.1, -0.05) is 29.8 Å². The first-order chi connectivity index (χ1) is 15.8. The summed E-state index contributed by atoms with van der Waals surface area (Å²) in [5, 5.41) is -0.333. The first-order valence-electron chi connectivity index (χ1n) is 9.57. The Morgan fingerprint density at radius 3 is 2.30 bits per heavy atom. The lowest BCUT2D eigenvalue weighted by molar-refractivity contribution is -0.123. The van der Waals surface area contributed by atoms with Crippen LogP contribution in [0.25, 0.3) is 6.08 Å². The predicted molar refractivity (Wildman–Crippen MR) is 121 cm³/mol. The van der Waals surface area contributed by atoms with Gasteiger partial charge in [0.2, 0.25) is 0 Å². The molecular weight excluding hydrogens is 472 g/mol. The van der Waals surface area contributed by atoms with Gasteiger partial charge in [0.1, 0.15) is 17.4 Å². The lowest BCUT2D eigenvalue weighted by Crippen LogP contribution is -2.27. The Hall–Kier alpha value is -3.49. The number of nitrogens with zero attached hydrogens (tertiary/aromatic N) is 1. The molecule has 9 heteroatoms. The standard InChI is InChI=1S/C24H14ClF2NO4S/c25-20-12-18(27)8-5-16(20)13-28-22(29)21(33-24(28)31)11-14-1-9-19(10-2-14)32-23(30)15-3-6-17(26)7-4-15/h1-12H,13H2/b21-11-. The van der Waals surface area contributed by atoms with Gasteiger partial charge in [-0.15, -0.1) is 0 Å². The molecule has 0 N–H and O–H groups in total. The van der Waals surface area contributed by atoms with Crippen LogP contribution >= 0.6 is 23.4 Å². The van der Waals surface area contributed by atoms with E-state index in [9.17, 15) is 23.2 Å². The van der Waals surface area contributed by atoms with Crippen LogP contribution in [-0.2, 0) is 11.3 Å². The Morgan fingerprint density at radius 1 is 0.970 bits per heavy atom. The van der Waals surface area contributed by atoms with E-state index in [1.807, 2.05) is 0 Å². The first-order valence-corrected chi connectivity index (χ1v) is 10.8. The van der Waals surface area contributed by atoms with Gasteiger partial charge in [-0.3, -0.25) is 14.5 Å². The third-order valence-electron chi connectivity index (χ3n) is 4.69. The maximum absolute atomic E-state index is 13.2. The number of amides is 2. The molecule has 0 radical (unpaired) electrons. The van der Waals surface area contributed by atoms with Crippen molar-refractivity contribution in [2.24, 2.45) is 0 Å². The molecule has 1 heterocycles. The number of esters is 1. The zero-order valence-corrected chi connectivity index (χ0v) is 18.3. The Labute approximate surface area is 196 Å². The monoisotopic (exact) mass is 485 g/mol. The van der Waals surface area contributed by atoms with Crippen LogP contribution < -0.4 is 4.74 Å². The molecule has 1 aliphatic rings. The number of ether oxygens (including phenoxy) is 1. The second kappa shape index (κ2) is 9.56. The van der Waals surface area contributed by atoms with Crippen LogP contribution in [0.1, 0.15) is 21.5 Å². The van der Waals surface area contributed by atoms with E-state index in [0.717, 1.165) is 34.9 Å². The van der Waals surface area contributed by atoms with Crippen molar-refractivity contribution in [3.05, 3.63) is 105 Å². The van der Waals surface area contributed by atoms with E-state index in [4.69, 9.17) is 16.3 Å². The van der Waals surface area contributed by atoms with Crippen LogP contribution in [0.2, 0.25) is 5.02 Å². The summed E-state index contributed by atoms with van der Waals surface area (Å²) >= 11 is 6.79. The van der Waals surface area contributed by atoms with Crippen molar-refractivity contribution < 1.29 is 27.9 Å². The normalized spacial score (nSPS) is 14.8. The fourth-order valence-corrected chi connectivity index (χ4v) is 4.06. The summed E-state index contributed by atoms with van der Waals surface area (Å²) in [6, 6.07) is 15.0. The van der Waals surface area contributed by atoms with E-state index in [1.54, 1.807) is 18.2 Å². The molecular formula is C24H14ClF2NO4S. The molecule has 0 unspecified atom stereocenters. The minimum absolute atomic E-state index is 0.0700. The maximum Gasteiger partial charge on any atom is 0.343 e. The van der Waals surface area contributed by atoms with E-state index in [0.29, 0.717) is 11.1 Å². The van der Waals surface area contributed by atoms with E-state index >= 15 is 0 Å². The summed E-state index contributed by atoms with van der Waals surface area (Å²) in [5.74, 6) is -1.83. The molecule has 1 aliphatic heterocycles. The molecule has 1 fully saturated rings. The molecule has 0 aliphatic carbocycles. The summed E-state index contributed by atoms with van der Waals surface area (Å²) in [6.45, 7) is -0.0700. The maximum atomic E-state index is 13.2. The lowest BCUT2D eigenvalue weighted by atomic mass is 10.2. The number of rotatable bonds is 5. The van der Waals surface area contributed by atoms with Gasteiger partial charge in [0, 0.05) is 5.02 Å². The number of hydrogen-bond acceptors (Lipinski definition) is 5. The molecule has 3 aromatic rings. The van der Waals surface area contributed by atoms with E-state index in [-0.39, 0.29) is 27.8 Å². The van der Waals surface area contributed by atoms with Crippen LogP contribution in [0.3, 0.4) is 0 Å². The van der Waals surface area contributed by atoms with Crippen molar-refractivity contribution in [1.29, 1.82) is 0 Å². The zero-order valence-electron chi connectivity index (χ0n) is 16.8. The van der Waals surface area contributed by atoms with Crippen LogP contribution in [0.4, 0.5) is 13.6 Å². The molecule has 2 amide bonds. The van der Waals surface area contributed by atoms with Crippen molar-refractivity contribution >= 4 is 46.6 Å². The van der Waals surface area contributed by atoms with Crippen molar-refractivity contribution in [3.8, 4) is 5.75 Å². The number of benzene rings is 3. The Bertz CT molecular complexity index is 1280. The van der Waals surface area contributed by atoms with E-state index < -0.39 is 28.8 Å². The third-order valence-corrected chi connectivity index (χ3v) is 5.94. The topological polar surface area (TPSA) is 63.7 Å². The minimum atomic E-state index is -0.636. The van der Waals surface area contributed by atoms with Gasteiger partial charge < -0.3 is 4.74 Å². The van der Waals surface area contributed by atoms with Crippen LogP contribution in [0, 0.1) is 11.6 Å². The summed E-state index contributed by atoms with van der Waals surface area (Å²) in [7, 11) is 0. The van der Waals surface area contributed by atoms with Crippen LogP contribution in [0.15, 0.2) is 71.6 Å². The summed E-state index contributed by atoms with van der Waals surface area (Å²) < 4.78 is 31.5. The van der Waals surface area contributed by atoms with Crippen LogP contribution in [-0.4, -0.2) is 22.0 Å². The van der Waals surface area contributed by atoms with Crippen molar-refractivity contribution in [1.82, 2.24) is 4.90 Å². The van der Waals surface area contributed by atoms with Gasteiger partial charge in [-0.05, 0) is 77.5 Å². The fourth-order valence-electron chi connectivity index (χ4n) is 2.99. The smallest absolute Gasteiger partial charge is 0.343 e. The first kappa shape index (κ1) is 22.7. The number of imide groups is 1. The van der Waals surface area contributed by atoms with Gasteiger partial charge in [-0.2, -0.15) is 0 Å². The highest BCUT2D eigenvalue weighted by Crippen LogP contribution is 2.34. The Balaban J connectivity index is 1.44.